The van der Waals surface area contributed by atoms with Gasteiger partial charge in [-0.2, -0.15) is 0 Å². The number of esters is 1. The molecule has 4 nitrogen and oxygen atoms in total. The van der Waals surface area contributed by atoms with Gasteiger partial charge in [0.1, 0.15) is 0 Å². The van der Waals surface area contributed by atoms with E-state index in [0.717, 1.165) is 0 Å². The summed E-state index contributed by atoms with van der Waals surface area (Å²) in [7, 11) is 0. The summed E-state index contributed by atoms with van der Waals surface area (Å²) in [5.41, 5.74) is 0.470. The van der Waals surface area contributed by atoms with E-state index in [0.29, 0.717) is 18.8 Å². The van der Waals surface area contributed by atoms with Crippen molar-refractivity contribution in [3.8, 4) is 0 Å². The number of hydrogen-bond acceptors (Lipinski definition) is 4. The Morgan fingerprint density at radius 3 is 2.12 bits per heavy atom. The van der Waals surface area contributed by atoms with Gasteiger partial charge < -0.3 is 14.2 Å². The minimum atomic E-state index is -1.32. The van der Waals surface area contributed by atoms with Crippen molar-refractivity contribution in [3.05, 3.63) is 35.9 Å². The van der Waals surface area contributed by atoms with E-state index in [4.69, 9.17) is 14.2 Å². The van der Waals surface area contributed by atoms with Crippen LogP contribution in [0.25, 0.3) is 0 Å². The molecule has 0 radical (unpaired) electrons. The molecule has 1 aromatic carbocycles. The van der Waals surface area contributed by atoms with Gasteiger partial charge in [0.25, 0.3) is 0 Å². The van der Waals surface area contributed by atoms with Crippen LogP contribution in [-0.4, -0.2) is 25.2 Å². The number of benzene rings is 1. The highest BCUT2D eigenvalue weighted by Crippen LogP contribution is 2.17. The first-order chi connectivity index (χ1) is 8.11. The Labute approximate surface area is 101 Å². The van der Waals surface area contributed by atoms with E-state index >= 15 is 0 Å². The van der Waals surface area contributed by atoms with Gasteiger partial charge in [-0.3, -0.25) is 0 Å². The average Bonchev–Trinajstić information content (AvgIpc) is 2.30. The molecule has 0 N–H and O–H groups in total. The molecule has 0 aliphatic carbocycles. The van der Waals surface area contributed by atoms with Crippen molar-refractivity contribution in [1.29, 1.82) is 0 Å². The Hall–Kier alpha value is -1.39. The molecule has 0 unspecified atom stereocenters. The Morgan fingerprint density at radius 1 is 1.12 bits per heavy atom. The van der Waals surface area contributed by atoms with Crippen molar-refractivity contribution in [1.82, 2.24) is 0 Å². The van der Waals surface area contributed by atoms with Crippen molar-refractivity contribution >= 4 is 5.97 Å². The summed E-state index contributed by atoms with van der Waals surface area (Å²) in [4.78, 5) is 11.8. The maximum Gasteiger partial charge on any atom is 0.342 e. The number of rotatable bonds is 6. The average molecular weight is 238 g/mol. The summed E-state index contributed by atoms with van der Waals surface area (Å²) >= 11 is 0. The summed E-state index contributed by atoms with van der Waals surface area (Å²) in [6.45, 7) is 6.01. The van der Waals surface area contributed by atoms with Crippen LogP contribution in [0, 0.1) is 0 Å². The summed E-state index contributed by atoms with van der Waals surface area (Å²) < 4.78 is 15.8. The van der Waals surface area contributed by atoms with Crippen LogP contribution in [0.4, 0.5) is 0 Å². The second-order valence-corrected chi connectivity index (χ2v) is 3.48. The van der Waals surface area contributed by atoms with Gasteiger partial charge in [-0.05, 0) is 26.0 Å². The predicted octanol–water partition coefficient (Wildman–Crippen LogP) is 2.59. The van der Waals surface area contributed by atoms with Crippen LogP contribution in [-0.2, 0) is 14.2 Å². The highest BCUT2D eigenvalue weighted by molar-refractivity contribution is 5.89. The van der Waals surface area contributed by atoms with E-state index in [1.54, 1.807) is 31.2 Å². The lowest BCUT2D eigenvalue weighted by Gasteiger charge is -2.28. The SMILES string of the molecule is CCOC(C)(OCC)OC(=O)c1ccccc1. The smallest absolute Gasteiger partial charge is 0.342 e. The van der Waals surface area contributed by atoms with Gasteiger partial charge in [0.05, 0.1) is 18.8 Å². The molecular formula is C13H18O4. The fourth-order valence-electron chi connectivity index (χ4n) is 1.43. The maximum absolute atomic E-state index is 11.8. The van der Waals surface area contributed by atoms with Crippen molar-refractivity contribution < 1.29 is 19.0 Å². The Balaban J connectivity index is 2.71. The van der Waals surface area contributed by atoms with Crippen molar-refractivity contribution in [2.45, 2.75) is 26.7 Å². The van der Waals surface area contributed by atoms with Gasteiger partial charge in [-0.1, -0.05) is 18.2 Å². The van der Waals surface area contributed by atoms with Gasteiger partial charge in [0.2, 0.25) is 0 Å². The van der Waals surface area contributed by atoms with Gasteiger partial charge >= 0.3 is 11.9 Å². The molecule has 0 aromatic heterocycles. The van der Waals surface area contributed by atoms with E-state index in [-0.39, 0.29) is 0 Å². The number of carbonyl (C=O) groups is 1. The highest BCUT2D eigenvalue weighted by atomic mass is 16.9. The standard InChI is InChI=1S/C13H18O4/c1-4-15-13(3,16-5-2)17-12(14)11-9-7-6-8-10-11/h6-10H,4-5H2,1-3H3. The van der Waals surface area contributed by atoms with Crippen LogP contribution in [0.1, 0.15) is 31.1 Å². The molecule has 0 saturated carbocycles. The van der Waals surface area contributed by atoms with Gasteiger partial charge in [0, 0.05) is 6.92 Å². The van der Waals surface area contributed by atoms with Crippen LogP contribution in [0.3, 0.4) is 0 Å². The molecule has 1 aromatic rings. The zero-order valence-corrected chi connectivity index (χ0v) is 10.4. The molecule has 0 fully saturated rings. The van der Waals surface area contributed by atoms with Gasteiger partial charge in [0.15, 0.2) is 0 Å². The molecule has 0 heterocycles. The molecule has 0 atom stereocenters. The number of carbonyl (C=O) groups excluding carboxylic acids is 1. The van der Waals surface area contributed by atoms with Crippen LogP contribution >= 0.6 is 0 Å². The quantitative estimate of drug-likeness (QED) is 0.564. The highest BCUT2D eigenvalue weighted by Gasteiger charge is 2.30. The third-order valence-electron chi connectivity index (χ3n) is 2.10. The largest absolute Gasteiger partial charge is 0.404 e. The molecule has 0 aliphatic rings. The molecule has 0 aliphatic heterocycles. The molecule has 94 valence electrons. The summed E-state index contributed by atoms with van der Waals surface area (Å²) in [6.07, 6.45) is 0. The van der Waals surface area contributed by atoms with E-state index in [1.165, 1.54) is 0 Å². The molecule has 0 spiro atoms. The molecule has 0 saturated heterocycles. The van der Waals surface area contributed by atoms with Crippen LogP contribution in [0.5, 0.6) is 0 Å². The fourth-order valence-corrected chi connectivity index (χ4v) is 1.43. The normalized spacial score (nSPS) is 11.2. The summed E-state index contributed by atoms with van der Waals surface area (Å²) in [5, 5.41) is 0. The second kappa shape index (κ2) is 6.37. The third kappa shape index (κ3) is 4.17. The van der Waals surface area contributed by atoms with Crippen molar-refractivity contribution in [3.63, 3.8) is 0 Å². The number of ether oxygens (including phenoxy) is 3. The molecule has 0 bridgehead atoms. The second-order valence-electron chi connectivity index (χ2n) is 3.48. The van der Waals surface area contributed by atoms with E-state index < -0.39 is 11.9 Å². The van der Waals surface area contributed by atoms with E-state index in [1.807, 2.05) is 19.9 Å². The fraction of sp³-hybridized carbons (Fsp3) is 0.462. The van der Waals surface area contributed by atoms with Crippen LogP contribution in [0.15, 0.2) is 30.3 Å². The van der Waals surface area contributed by atoms with E-state index in [2.05, 4.69) is 0 Å². The Kier molecular flexibility index (Phi) is 5.12. The lowest BCUT2D eigenvalue weighted by molar-refractivity contribution is -0.341. The first-order valence-corrected chi connectivity index (χ1v) is 5.67. The lowest BCUT2D eigenvalue weighted by atomic mass is 10.2. The minimum Gasteiger partial charge on any atom is -0.404 e. The Morgan fingerprint density at radius 2 is 1.65 bits per heavy atom. The molecular weight excluding hydrogens is 220 g/mol. The summed E-state index contributed by atoms with van der Waals surface area (Å²) in [5.74, 6) is -1.79. The van der Waals surface area contributed by atoms with Gasteiger partial charge in [-0.25, -0.2) is 4.79 Å². The van der Waals surface area contributed by atoms with Crippen LogP contribution in [0.2, 0.25) is 0 Å². The van der Waals surface area contributed by atoms with Gasteiger partial charge in [-0.15, -0.1) is 0 Å². The summed E-state index contributed by atoms with van der Waals surface area (Å²) in [6, 6.07) is 8.74. The maximum atomic E-state index is 11.8. The molecule has 0 amide bonds. The van der Waals surface area contributed by atoms with Crippen molar-refractivity contribution in [2.24, 2.45) is 0 Å². The van der Waals surface area contributed by atoms with Crippen molar-refractivity contribution in [2.75, 3.05) is 13.2 Å². The third-order valence-corrected chi connectivity index (χ3v) is 2.10. The molecule has 1 rings (SSSR count). The lowest BCUT2D eigenvalue weighted by Crippen LogP contribution is -2.38. The molecule has 17 heavy (non-hydrogen) atoms. The van der Waals surface area contributed by atoms with E-state index in [9.17, 15) is 4.79 Å². The van der Waals surface area contributed by atoms with Crippen LogP contribution < -0.4 is 0 Å². The minimum absolute atomic E-state index is 0.401. The topological polar surface area (TPSA) is 44.8 Å². The zero-order valence-electron chi connectivity index (χ0n) is 10.4. The number of hydrogen-bond donors (Lipinski definition) is 0. The first kappa shape index (κ1) is 13.7. The predicted molar refractivity (Wildman–Crippen MR) is 63.5 cm³/mol. The Bertz CT molecular complexity index is 342. The zero-order chi connectivity index (χ0) is 12.7. The first-order valence-electron chi connectivity index (χ1n) is 5.67. The molecule has 4 heteroatoms. The monoisotopic (exact) mass is 238 g/mol.